The molecule has 192 valence electrons. The average molecular weight is 504 g/mol. The first-order valence-electron chi connectivity index (χ1n) is 12.1. The van der Waals surface area contributed by atoms with Crippen LogP contribution in [0.5, 0.6) is 11.6 Å². The third kappa shape index (κ3) is 5.11. The van der Waals surface area contributed by atoms with Gasteiger partial charge in [0.05, 0.1) is 11.4 Å². The first kappa shape index (κ1) is 24.3. The number of anilines is 1. The molecule has 3 aromatic heterocycles. The maximum Gasteiger partial charge on any atom is 0.410 e. The van der Waals surface area contributed by atoms with E-state index in [2.05, 4.69) is 15.2 Å². The minimum atomic E-state index is -0.598. The average Bonchev–Trinajstić information content (AvgIpc) is 3.29. The van der Waals surface area contributed by atoms with Crippen LogP contribution in [0.4, 0.5) is 10.6 Å². The molecule has 0 radical (unpaired) electrons. The van der Waals surface area contributed by atoms with Gasteiger partial charge in [-0.05, 0) is 63.9 Å². The number of nitrogens with zero attached hydrogens (tertiary/aromatic N) is 5. The molecule has 4 aromatic rings. The molecule has 0 spiro atoms. The van der Waals surface area contributed by atoms with Gasteiger partial charge in [0, 0.05) is 30.9 Å². The highest BCUT2D eigenvalue weighted by Crippen LogP contribution is 2.34. The maximum absolute atomic E-state index is 12.9. The number of benzene rings is 1. The van der Waals surface area contributed by atoms with Gasteiger partial charge < -0.3 is 20.1 Å². The third-order valence-corrected chi connectivity index (χ3v) is 6.04. The van der Waals surface area contributed by atoms with E-state index in [9.17, 15) is 9.59 Å². The Morgan fingerprint density at radius 1 is 1.16 bits per heavy atom. The Hall–Kier alpha value is -4.41. The van der Waals surface area contributed by atoms with Gasteiger partial charge in [0.2, 0.25) is 5.88 Å². The van der Waals surface area contributed by atoms with Crippen LogP contribution in [0.25, 0.3) is 22.2 Å². The van der Waals surface area contributed by atoms with E-state index in [1.807, 2.05) is 45.0 Å². The number of nitrogens with two attached hydrogens (primary N) is 1. The van der Waals surface area contributed by atoms with Gasteiger partial charge in [0.15, 0.2) is 5.82 Å². The molecule has 1 aliphatic rings. The summed E-state index contributed by atoms with van der Waals surface area (Å²) < 4.78 is 13.0. The van der Waals surface area contributed by atoms with Crippen LogP contribution in [-0.4, -0.2) is 54.6 Å². The molecular weight excluding hydrogens is 474 g/mol. The minimum Gasteiger partial charge on any atom is -0.444 e. The number of pyridine rings is 1. The highest BCUT2D eigenvalue weighted by Gasteiger charge is 2.31. The van der Waals surface area contributed by atoms with E-state index in [1.165, 1.54) is 0 Å². The van der Waals surface area contributed by atoms with Crippen LogP contribution in [-0.2, 0) is 4.74 Å². The smallest absolute Gasteiger partial charge is 0.410 e. The first-order chi connectivity index (χ1) is 17.7. The van der Waals surface area contributed by atoms with E-state index >= 15 is 0 Å². The van der Waals surface area contributed by atoms with E-state index in [0.29, 0.717) is 41.3 Å². The number of likely N-dealkylation sites (tertiary alicyclic amines) is 1. The molecule has 5 rings (SSSR count). The van der Waals surface area contributed by atoms with Crippen LogP contribution in [0.2, 0.25) is 0 Å². The molecule has 1 fully saturated rings. The lowest BCUT2D eigenvalue weighted by molar-refractivity contribution is 0.0169. The van der Waals surface area contributed by atoms with Gasteiger partial charge in [0.1, 0.15) is 22.6 Å². The molecule has 0 saturated carbocycles. The van der Waals surface area contributed by atoms with E-state index in [1.54, 1.807) is 34.0 Å². The van der Waals surface area contributed by atoms with E-state index in [0.717, 1.165) is 18.4 Å². The number of piperidine rings is 1. The van der Waals surface area contributed by atoms with Gasteiger partial charge in [-0.1, -0.05) is 6.07 Å². The van der Waals surface area contributed by atoms with Crippen molar-refractivity contribution in [3.05, 3.63) is 59.0 Å². The van der Waals surface area contributed by atoms with Gasteiger partial charge in [-0.15, -0.1) is 0 Å². The zero-order chi connectivity index (χ0) is 26.2. The Labute approximate surface area is 213 Å². The quantitative estimate of drug-likeness (QED) is 0.423. The molecule has 0 aliphatic carbocycles. The van der Waals surface area contributed by atoms with E-state index in [4.69, 9.17) is 20.3 Å². The molecular formula is C26H29N7O4. The second-order valence-electron chi connectivity index (χ2n) is 9.97. The number of carbonyl (C=O) groups is 1. The number of fused-ring (bicyclic) bond motifs is 1. The number of H-pyrrole nitrogens is 1. The topological polar surface area (TPSA) is 141 Å². The fourth-order valence-corrected chi connectivity index (χ4v) is 4.44. The van der Waals surface area contributed by atoms with Crippen molar-refractivity contribution in [3.63, 3.8) is 0 Å². The number of nitrogen functional groups attached to an aromatic ring is 1. The highest BCUT2D eigenvalue weighted by atomic mass is 16.6. The predicted molar refractivity (Wildman–Crippen MR) is 138 cm³/mol. The number of rotatable bonds is 4. The maximum atomic E-state index is 12.9. The van der Waals surface area contributed by atoms with Crippen molar-refractivity contribution < 1.29 is 14.3 Å². The molecule has 11 heteroatoms. The number of nitrogens with one attached hydrogen (secondary N) is 1. The number of aromatic nitrogens is 5. The van der Waals surface area contributed by atoms with Crippen molar-refractivity contribution in [3.8, 4) is 22.9 Å². The van der Waals surface area contributed by atoms with Crippen molar-refractivity contribution >= 4 is 22.8 Å². The number of aromatic amines is 1. The summed E-state index contributed by atoms with van der Waals surface area (Å²) >= 11 is 0. The van der Waals surface area contributed by atoms with Crippen molar-refractivity contribution in [2.75, 3.05) is 18.8 Å². The van der Waals surface area contributed by atoms with Gasteiger partial charge in [-0.2, -0.15) is 10.2 Å². The Morgan fingerprint density at radius 3 is 2.65 bits per heavy atom. The molecule has 11 nitrogen and oxygen atoms in total. The fraction of sp³-hybridized carbons (Fsp3) is 0.346. The summed E-state index contributed by atoms with van der Waals surface area (Å²) in [7, 11) is 0. The lowest BCUT2D eigenvalue weighted by Gasteiger charge is -2.34. The lowest BCUT2D eigenvalue weighted by Crippen LogP contribution is -2.43. The number of amides is 1. The summed E-state index contributed by atoms with van der Waals surface area (Å²) in [6, 6.07) is 12.5. The number of hydrogen-bond donors (Lipinski definition) is 2. The normalized spacial score (nSPS) is 16.1. The summed E-state index contributed by atoms with van der Waals surface area (Å²) in [4.78, 5) is 31.5. The lowest BCUT2D eigenvalue weighted by atomic mass is 10.1. The zero-order valence-electron chi connectivity index (χ0n) is 21.0. The van der Waals surface area contributed by atoms with Crippen LogP contribution in [0.3, 0.4) is 0 Å². The summed E-state index contributed by atoms with van der Waals surface area (Å²) in [6.07, 6.45) is 2.77. The second-order valence-corrected chi connectivity index (χ2v) is 9.97. The Kier molecular flexibility index (Phi) is 6.28. The molecule has 3 N–H and O–H groups in total. The summed E-state index contributed by atoms with van der Waals surface area (Å²) in [5.41, 5.74) is 6.84. The van der Waals surface area contributed by atoms with Gasteiger partial charge in [0.25, 0.3) is 5.56 Å². The molecule has 1 atom stereocenters. The summed E-state index contributed by atoms with van der Waals surface area (Å²) in [5.74, 6) is 1.26. The van der Waals surface area contributed by atoms with Crippen LogP contribution >= 0.6 is 0 Å². The summed E-state index contributed by atoms with van der Waals surface area (Å²) in [6.45, 7) is 6.45. The predicted octanol–water partition coefficient (Wildman–Crippen LogP) is 4.13. The molecule has 1 saturated heterocycles. The van der Waals surface area contributed by atoms with Crippen molar-refractivity contribution in [2.24, 2.45) is 0 Å². The van der Waals surface area contributed by atoms with Gasteiger partial charge in [-0.3, -0.25) is 9.48 Å². The number of hydrogen-bond acceptors (Lipinski definition) is 8. The van der Waals surface area contributed by atoms with Crippen LogP contribution in [0.1, 0.15) is 39.7 Å². The highest BCUT2D eigenvalue weighted by molar-refractivity contribution is 5.99. The standard InChI is InChI=1S/C26H29N7O4/c1-26(2,3)37-25(35)32-14-6-7-17(15-32)33-22-20(23(27)29-30-24(22)34)21(31-33)16-9-11-18(12-10-16)36-19-8-4-5-13-28-19/h4-5,8-13,17H,6-7,14-15H2,1-3H3,(H2,27,29)(H,30,34). The van der Waals surface area contributed by atoms with Crippen molar-refractivity contribution in [1.82, 2.24) is 29.9 Å². The van der Waals surface area contributed by atoms with Crippen LogP contribution < -0.4 is 16.0 Å². The van der Waals surface area contributed by atoms with Gasteiger partial charge in [-0.25, -0.2) is 14.9 Å². The largest absolute Gasteiger partial charge is 0.444 e. The summed E-state index contributed by atoms with van der Waals surface area (Å²) in [5, 5.41) is 11.7. The third-order valence-electron chi connectivity index (χ3n) is 6.04. The molecule has 37 heavy (non-hydrogen) atoms. The van der Waals surface area contributed by atoms with Gasteiger partial charge >= 0.3 is 6.09 Å². The first-order valence-corrected chi connectivity index (χ1v) is 12.1. The molecule has 1 amide bonds. The van der Waals surface area contributed by atoms with Crippen LogP contribution in [0, 0.1) is 0 Å². The van der Waals surface area contributed by atoms with Crippen molar-refractivity contribution in [1.29, 1.82) is 0 Å². The minimum absolute atomic E-state index is 0.171. The Morgan fingerprint density at radius 2 is 1.95 bits per heavy atom. The van der Waals surface area contributed by atoms with E-state index in [-0.39, 0.29) is 18.0 Å². The number of ether oxygens (including phenoxy) is 2. The molecule has 1 aromatic carbocycles. The molecule has 4 heterocycles. The molecule has 0 bridgehead atoms. The number of carbonyl (C=O) groups excluding carboxylic acids is 1. The zero-order valence-corrected chi connectivity index (χ0v) is 21.0. The SMILES string of the molecule is CC(C)(C)OC(=O)N1CCCC(n2nc(-c3ccc(Oc4ccccn4)cc3)c3c(N)n[nH]c(=O)c32)C1. The molecule has 1 aliphatic heterocycles. The Bertz CT molecular complexity index is 1470. The van der Waals surface area contributed by atoms with Crippen molar-refractivity contribution in [2.45, 2.75) is 45.3 Å². The van der Waals surface area contributed by atoms with Crippen LogP contribution in [0.15, 0.2) is 53.5 Å². The Balaban J connectivity index is 1.49. The fourth-order valence-electron chi connectivity index (χ4n) is 4.44. The monoisotopic (exact) mass is 503 g/mol. The van der Waals surface area contributed by atoms with E-state index < -0.39 is 11.2 Å². The molecule has 1 unspecified atom stereocenters. The second kappa shape index (κ2) is 9.57.